The lowest BCUT2D eigenvalue weighted by Crippen LogP contribution is -2.51. The van der Waals surface area contributed by atoms with Crippen LogP contribution >= 0.6 is 11.6 Å². The van der Waals surface area contributed by atoms with E-state index < -0.39 is 5.91 Å². The van der Waals surface area contributed by atoms with Gasteiger partial charge in [-0.25, -0.2) is 4.39 Å². The molecule has 31 heavy (non-hydrogen) atoms. The van der Waals surface area contributed by atoms with Gasteiger partial charge in [0.25, 0.3) is 5.91 Å². The fourth-order valence-corrected chi connectivity index (χ4v) is 3.66. The maximum atomic E-state index is 13.1. The molecule has 8 heteroatoms. The second-order valence-electron chi connectivity index (χ2n) is 7.20. The third-order valence-electron chi connectivity index (χ3n) is 5.16. The van der Waals surface area contributed by atoms with E-state index in [0.717, 1.165) is 5.69 Å². The highest BCUT2D eigenvalue weighted by Gasteiger charge is 2.22. The first kappa shape index (κ1) is 20.9. The predicted octanol–water partition coefficient (Wildman–Crippen LogP) is 3.82. The van der Waals surface area contributed by atoms with Crippen molar-refractivity contribution in [3.05, 3.63) is 77.3 Å². The Labute approximate surface area is 184 Å². The smallest absolute Gasteiger partial charge is 0.287 e. The van der Waals surface area contributed by atoms with Gasteiger partial charge in [0.2, 0.25) is 5.91 Å². The second kappa shape index (κ2) is 9.22. The summed E-state index contributed by atoms with van der Waals surface area (Å²) in [5, 5.41) is 3.29. The van der Waals surface area contributed by atoms with E-state index in [9.17, 15) is 14.0 Å². The largest absolute Gasteiger partial charge is 0.451 e. The van der Waals surface area contributed by atoms with Gasteiger partial charge < -0.3 is 19.5 Å². The van der Waals surface area contributed by atoms with E-state index >= 15 is 0 Å². The molecule has 1 aliphatic heterocycles. The fourth-order valence-electron chi connectivity index (χ4n) is 3.47. The number of piperazine rings is 1. The average Bonchev–Trinajstić information content (AvgIpc) is 3.28. The topological polar surface area (TPSA) is 65.8 Å². The highest BCUT2D eigenvalue weighted by Crippen LogP contribution is 2.23. The van der Waals surface area contributed by atoms with E-state index in [1.54, 1.807) is 23.1 Å². The third kappa shape index (κ3) is 5.06. The number of nitrogens with one attached hydrogen (secondary N) is 1. The van der Waals surface area contributed by atoms with Crippen molar-refractivity contribution in [3.8, 4) is 11.3 Å². The fraction of sp³-hybridized carbons (Fsp3) is 0.217. The predicted molar refractivity (Wildman–Crippen MR) is 117 cm³/mol. The number of benzene rings is 2. The van der Waals surface area contributed by atoms with E-state index in [2.05, 4.69) is 10.2 Å². The second-order valence-corrected chi connectivity index (χ2v) is 7.64. The molecule has 2 heterocycles. The molecule has 4 rings (SSSR count). The number of amides is 2. The van der Waals surface area contributed by atoms with Crippen LogP contribution in [0.2, 0.25) is 5.02 Å². The Balaban J connectivity index is 1.27. The average molecular weight is 442 g/mol. The standard InChI is InChI=1S/C23H21ClFN3O3/c24-17-2-1-3-19(14-17)27-10-12-28(13-11-27)22(29)15-26-23(30)21-9-8-20(31-21)16-4-6-18(25)7-5-16/h1-9,14H,10-13,15H2,(H,26,30). The van der Waals surface area contributed by atoms with Crippen molar-refractivity contribution in [2.45, 2.75) is 0 Å². The van der Waals surface area contributed by atoms with Gasteiger partial charge in [-0.2, -0.15) is 0 Å². The molecule has 1 fully saturated rings. The zero-order valence-electron chi connectivity index (χ0n) is 16.7. The molecular weight excluding hydrogens is 421 g/mol. The van der Waals surface area contributed by atoms with Gasteiger partial charge in [0.15, 0.2) is 5.76 Å². The Bertz CT molecular complexity index is 1080. The molecule has 0 unspecified atom stereocenters. The van der Waals surface area contributed by atoms with Gasteiger partial charge in [-0.3, -0.25) is 9.59 Å². The molecule has 1 aromatic heterocycles. The lowest BCUT2D eigenvalue weighted by molar-refractivity contribution is -0.130. The Morgan fingerprint density at radius 1 is 1.00 bits per heavy atom. The van der Waals surface area contributed by atoms with Gasteiger partial charge in [0, 0.05) is 42.5 Å². The van der Waals surface area contributed by atoms with Gasteiger partial charge in [-0.15, -0.1) is 0 Å². The van der Waals surface area contributed by atoms with Crippen molar-refractivity contribution in [2.24, 2.45) is 0 Å². The highest BCUT2D eigenvalue weighted by molar-refractivity contribution is 6.30. The van der Waals surface area contributed by atoms with Crippen LogP contribution in [0, 0.1) is 5.82 Å². The van der Waals surface area contributed by atoms with Gasteiger partial charge in [-0.05, 0) is 54.6 Å². The minimum absolute atomic E-state index is 0.0953. The zero-order valence-corrected chi connectivity index (χ0v) is 17.4. The third-order valence-corrected chi connectivity index (χ3v) is 5.40. The number of nitrogens with zero attached hydrogens (tertiary/aromatic N) is 2. The van der Waals surface area contributed by atoms with E-state index in [4.69, 9.17) is 16.0 Å². The van der Waals surface area contributed by atoms with E-state index in [-0.39, 0.29) is 24.0 Å². The molecule has 0 aliphatic carbocycles. The van der Waals surface area contributed by atoms with Crippen LogP contribution in [-0.2, 0) is 4.79 Å². The molecule has 0 spiro atoms. The number of furan rings is 1. The van der Waals surface area contributed by atoms with E-state index in [1.807, 2.05) is 24.3 Å². The maximum Gasteiger partial charge on any atom is 0.287 e. The minimum Gasteiger partial charge on any atom is -0.451 e. The Kier molecular flexibility index (Phi) is 6.23. The van der Waals surface area contributed by atoms with Gasteiger partial charge >= 0.3 is 0 Å². The summed E-state index contributed by atoms with van der Waals surface area (Å²) in [7, 11) is 0. The van der Waals surface area contributed by atoms with Crippen LogP contribution in [0.3, 0.4) is 0 Å². The SMILES string of the molecule is O=C(NCC(=O)N1CCN(c2cccc(Cl)c2)CC1)c1ccc(-c2ccc(F)cc2)o1. The van der Waals surface area contributed by atoms with Crippen LogP contribution in [0.4, 0.5) is 10.1 Å². The number of hydrogen-bond donors (Lipinski definition) is 1. The Morgan fingerprint density at radius 3 is 2.45 bits per heavy atom. The summed E-state index contributed by atoms with van der Waals surface area (Å²) in [4.78, 5) is 28.7. The van der Waals surface area contributed by atoms with Crippen LogP contribution in [0.15, 0.2) is 65.1 Å². The number of carbonyl (C=O) groups excluding carboxylic acids is 2. The van der Waals surface area contributed by atoms with E-state index in [0.29, 0.717) is 42.5 Å². The Morgan fingerprint density at radius 2 is 1.74 bits per heavy atom. The monoisotopic (exact) mass is 441 g/mol. The summed E-state index contributed by atoms with van der Waals surface area (Å²) in [6.07, 6.45) is 0. The molecule has 1 aliphatic rings. The van der Waals surface area contributed by atoms with Crippen LogP contribution in [0.1, 0.15) is 10.6 Å². The number of anilines is 1. The van der Waals surface area contributed by atoms with Crippen LogP contribution in [-0.4, -0.2) is 49.4 Å². The minimum atomic E-state index is -0.473. The number of halogens is 2. The molecule has 1 saturated heterocycles. The molecular formula is C23H21ClFN3O3. The number of carbonyl (C=O) groups is 2. The van der Waals surface area contributed by atoms with Crippen molar-refractivity contribution < 1.29 is 18.4 Å². The van der Waals surface area contributed by atoms with Crippen molar-refractivity contribution >= 4 is 29.1 Å². The molecule has 1 N–H and O–H groups in total. The highest BCUT2D eigenvalue weighted by atomic mass is 35.5. The van der Waals surface area contributed by atoms with E-state index in [1.165, 1.54) is 18.2 Å². The zero-order chi connectivity index (χ0) is 21.8. The lowest BCUT2D eigenvalue weighted by Gasteiger charge is -2.36. The molecule has 6 nitrogen and oxygen atoms in total. The summed E-state index contributed by atoms with van der Waals surface area (Å²) < 4.78 is 18.6. The van der Waals surface area contributed by atoms with Gasteiger partial charge in [0.1, 0.15) is 11.6 Å². The normalized spacial score (nSPS) is 13.9. The maximum absolute atomic E-state index is 13.1. The molecule has 0 radical (unpaired) electrons. The molecule has 160 valence electrons. The molecule has 3 aromatic rings. The van der Waals surface area contributed by atoms with Crippen molar-refractivity contribution in [1.29, 1.82) is 0 Å². The first-order chi connectivity index (χ1) is 15.0. The van der Waals surface area contributed by atoms with Gasteiger partial charge in [-0.1, -0.05) is 17.7 Å². The summed E-state index contributed by atoms with van der Waals surface area (Å²) >= 11 is 6.05. The Hall–Kier alpha value is -3.32. The quantitative estimate of drug-likeness (QED) is 0.653. The number of rotatable bonds is 5. The summed E-state index contributed by atoms with van der Waals surface area (Å²) in [5.74, 6) is -0.421. The van der Waals surface area contributed by atoms with Crippen molar-refractivity contribution in [3.63, 3.8) is 0 Å². The van der Waals surface area contributed by atoms with Crippen molar-refractivity contribution in [1.82, 2.24) is 10.2 Å². The molecule has 0 atom stereocenters. The first-order valence-electron chi connectivity index (χ1n) is 9.92. The summed E-state index contributed by atoms with van der Waals surface area (Å²) in [6, 6.07) is 16.6. The van der Waals surface area contributed by atoms with Crippen molar-refractivity contribution in [2.75, 3.05) is 37.6 Å². The molecule has 0 saturated carbocycles. The van der Waals surface area contributed by atoms with Crippen LogP contribution < -0.4 is 10.2 Å². The van der Waals surface area contributed by atoms with Gasteiger partial charge in [0.05, 0.1) is 6.54 Å². The molecule has 2 amide bonds. The molecule has 0 bridgehead atoms. The summed E-state index contributed by atoms with van der Waals surface area (Å²) in [6.45, 7) is 2.41. The number of hydrogen-bond acceptors (Lipinski definition) is 4. The first-order valence-corrected chi connectivity index (χ1v) is 10.3. The van der Waals surface area contributed by atoms with Crippen LogP contribution in [0.25, 0.3) is 11.3 Å². The molecule has 2 aromatic carbocycles. The van der Waals surface area contributed by atoms with Crippen LogP contribution in [0.5, 0.6) is 0 Å². The summed E-state index contributed by atoms with van der Waals surface area (Å²) in [5.41, 5.74) is 1.69. The lowest BCUT2D eigenvalue weighted by atomic mass is 10.2.